The van der Waals surface area contributed by atoms with Crippen LogP contribution >= 0.6 is 0 Å². The van der Waals surface area contributed by atoms with Crippen LogP contribution in [-0.4, -0.2) is 22.6 Å². The molecule has 0 radical (unpaired) electrons. The maximum atomic E-state index is 11.2. The molecule has 20 heavy (non-hydrogen) atoms. The number of carbonyl (C=O) groups is 1. The number of nitrogens with zero attached hydrogens (tertiary/aromatic N) is 1. The minimum absolute atomic E-state index is 0.225. The van der Waals surface area contributed by atoms with Crippen LogP contribution in [0.3, 0.4) is 0 Å². The molecule has 0 amide bonds. The predicted molar refractivity (Wildman–Crippen MR) is 77.3 cm³/mol. The predicted octanol–water partition coefficient (Wildman–Crippen LogP) is 2.84. The summed E-state index contributed by atoms with van der Waals surface area (Å²) >= 11 is 0. The number of hydrogen-bond acceptors (Lipinski definition) is 3. The maximum Gasteiger partial charge on any atom is 0.339 e. The van der Waals surface area contributed by atoms with E-state index in [1.54, 1.807) is 12.1 Å². The number of benzene rings is 1. The van der Waals surface area contributed by atoms with E-state index in [4.69, 9.17) is 0 Å². The first-order valence-corrected chi connectivity index (χ1v) is 6.68. The minimum Gasteiger partial charge on any atom is -0.478 e. The SMILES string of the molecule is Cc1ccc(C(=O)O)c(NCC2Cc3ccccc32)n1. The highest BCUT2D eigenvalue weighted by Crippen LogP contribution is 2.34. The molecule has 1 atom stereocenters. The third kappa shape index (κ3) is 2.25. The highest BCUT2D eigenvalue weighted by atomic mass is 16.4. The Bertz CT molecular complexity index is 667. The van der Waals surface area contributed by atoms with Gasteiger partial charge in [0.2, 0.25) is 0 Å². The van der Waals surface area contributed by atoms with Crippen molar-refractivity contribution in [3.05, 3.63) is 58.8 Å². The van der Waals surface area contributed by atoms with Crippen LogP contribution in [0.25, 0.3) is 0 Å². The van der Waals surface area contributed by atoms with E-state index in [2.05, 4.69) is 22.4 Å². The normalized spacial score (nSPS) is 16.1. The zero-order valence-electron chi connectivity index (χ0n) is 11.3. The van der Waals surface area contributed by atoms with Crippen LogP contribution in [0.5, 0.6) is 0 Å². The number of anilines is 1. The van der Waals surface area contributed by atoms with Crippen LogP contribution in [-0.2, 0) is 6.42 Å². The molecule has 0 saturated carbocycles. The molecule has 1 aliphatic carbocycles. The van der Waals surface area contributed by atoms with Crippen LogP contribution in [0.4, 0.5) is 5.82 Å². The molecule has 2 N–H and O–H groups in total. The molecule has 1 aromatic heterocycles. The molecule has 0 bridgehead atoms. The van der Waals surface area contributed by atoms with E-state index in [-0.39, 0.29) is 5.56 Å². The van der Waals surface area contributed by atoms with Gasteiger partial charge < -0.3 is 10.4 Å². The topological polar surface area (TPSA) is 62.2 Å². The second-order valence-corrected chi connectivity index (χ2v) is 5.13. The van der Waals surface area contributed by atoms with Crippen LogP contribution < -0.4 is 5.32 Å². The highest BCUT2D eigenvalue weighted by Gasteiger charge is 2.25. The fraction of sp³-hybridized carbons (Fsp3) is 0.250. The zero-order valence-corrected chi connectivity index (χ0v) is 11.3. The van der Waals surface area contributed by atoms with Gasteiger partial charge in [-0.1, -0.05) is 24.3 Å². The van der Waals surface area contributed by atoms with E-state index in [1.165, 1.54) is 11.1 Å². The van der Waals surface area contributed by atoms with Gasteiger partial charge in [-0.3, -0.25) is 0 Å². The number of nitrogens with one attached hydrogen (secondary N) is 1. The lowest BCUT2D eigenvalue weighted by Gasteiger charge is -2.30. The standard InChI is InChI=1S/C16H16N2O2/c1-10-6-7-14(16(19)20)15(18-10)17-9-12-8-11-4-2-3-5-13(11)12/h2-7,12H,8-9H2,1H3,(H,17,18)(H,19,20). The number of fused-ring (bicyclic) bond motifs is 1. The van der Waals surface area contributed by atoms with Crippen LogP contribution in [0.15, 0.2) is 36.4 Å². The summed E-state index contributed by atoms with van der Waals surface area (Å²) in [7, 11) is 0. The largest absolute Gasteiger partial charge is 0.478 e. The summed E-state index contributed by atoms with van der Waals surface area (Å²) in [6.07, 6.45) is 1.04. The van der Waals surface area contributed by atoms with Gasteiger partial charge in [-0.25, -0.2) is 9.78 Å². The number of pyridine rings is 1. The van der Waals surface area contributed by atoms with E-state index in [0.29, 0.717) is 18.3 Å². The lowest BCUT2D eigenvalue weighted by molar-refractivity contribution is 0.0697. The summed E-state index contributed by atoms with van der Waals surface area (Å²) in [5.74, 6) is -0.0500. The van der Waals surface area contributed by atoms with Gasteiger partial charge in [0.15, 0.2) is 0 Å². The number of hydrogen-bond donors (Lipinski definition) is 2. The van der Waals surface area contributed by atoms with E-state index in [9.17, 15) is 9.90 Å². The second kappa shape index (κ2) is 4.96. The fourth-order valence-electron chi connectivity index (χ4n) is 2.63. The van der Waals surface area contributed by atoms with E-state index >= 15 is 0 Å². The number of aromatic carboxylic acids is 1. The molecular formula is C16H16N2O2. The molecule has 1 aromatic carbocycles. The molecule has 0 fully saturated rings. The third-order valence-electron chi connectivity index (χ3n) is 3.74. The average molecular weight is 268 g/mol. The molecule has 102 valence electrons. The van der Waals surface area contributed by atoms with Crippen molar-refractivity contribution in [1.82, 2.24) is 4.98 Å². The molecule has 4 nitrogen and oxygen atoms in total. The number of carboxylic acids is 1. The third-order valence-corrected chi connectivity index (χ3v) is 3.74. The fourth-order valence-corrected chi connectivity index (χ4v) is 2.63. The van der Waals surface area contributed by atoms with Crippen molar-refractivity contribution in [3.63, 3.8) is 0 Å². The van der Waals surface area contributed by atoms with Gasteiger partial charge in [0, 0.05) is 18.2 Å². The van der Waals surface area contributed by atoms with Gasteiger partial charge in [-0.2, -0.15) is 0 Å². The molecular weight excluding hydrogens is 252 g/mol. The Hall–Kier alpha value is -2.36. The van der Waals surface area contributed by atoms with E-state index in [1.807, 2.05) is 19.1 Å². The number of aryl methyl sites for hydroxylation is 1. The van der Waals surface area contributed by atoms with Crippen molar-refractivity contribution in [2.75, 3.05) is 11.9 Å². The van der Waals surface area contributed by atoms with Crippen molar-refractivity contribution in [2.45, 2.75) is 19.3 Å². The Morgan fingerprint density at radius 1 is 1.35 bits per heavy atom. The van der Waals surface area contributed by atoms with Crippen molar-refractivity contribution in [1.29, 1.82) is 0 Å². The number of carboxylic acid groups (broad SMARTS) is 1. The van der Waals surface area contributed by atoms with Crippen molar-refractivity contribution in [2.24, 2.45) is 0 Å². The monoisotopic (exact) mass is 268 g/mol. The van der Waals surface area contributed by atoms with Crippen molar-refractivity contribution >= 4 is 11.8 Å². The number of aromatic nitrogens is 1. The van der Waals surface area contributed by atoms with E-state index < -0.39 is 5.97 Å². The molecule has 2 aromatic rings. The maximum absolute atomic E-state index is 11.2. The minimum atomic E-state index is -0.950. The van der Waals surface area contributed by atoms with Crippen molar-refractivity contribution < 1.29 is 9.90 Å². The van der Waals surface area contributed by atoms with E-state index in [0.717, 1.165) is 12.1 Å². The molecule has 0 spiro atoms. The molecule has 1 unspecified atom stereocenters. The first kappa shape index (κ1) is 12.7. The summed E-state index contributed by atoms with van der Waals surface area (Å²) in [5.41, 5.74) is 3.77. The summed E-state index contributed by atoms with van der Waals surface area (Å²) in [6, 6.07) is 11.7. The first-order chi connectivity index (χ1) is 9.65. The quantitative estimate of drug-likeness (QED) is 0.895. The van der Waals surface area contributed by atoms with Crippen LogP contribution in [0.2, 0.25) is 0 Å². The molecule has 4 heteroatoms. The van der Waals surface area contributed by atoms with Gasteiger partial charge in [0.1, 0.15) is 11.4 Å². The first-order valence-electron chi connectivity index (χ1n) is 6.68. The van der Waals surface area contributed by atoms with Gasteiger partial charge in [0.25, 0.3) is 0 Å². The Morgan fingerprint density at radius 3 is 2.90 bits per heavy atom. The summed E-state index contributed by atoms with van der Waals surface area (Å²) in [6.45, 7) is 2.57. The Balaban J connectivity index is 1.74. The average Bonchev–Trinajstić information content (AvgIpc) is 2.39. The molecule has 3 rings (SSSR count). The Morgan fingerprint density at radius 2 is 2.15 bits per heavy atom. The summed E-state index contributed by atoms with van der Waals surface area (Å²) < 4.78 is 0. The van der Waals surface area contributed by atoms with Crippen LogP contribution in [0, 0.1) is 6.92 Å². The molecule has 1 heterocycles. The smallest absolute Gasteiger partial charge is 0.339 e. The van der Waals surface area contributed by atoms with Crippen LogP contribution in [0.1, 0.15) is 33.1 Å². The summed E-state index contributed by atoms with van der Waals surface area (Å²) in [4.78, 5) is 15.5. The van der Waals surface area contributed by atoms with Gasteiger partial charge in [-0.05, 0) is 36.6 Å². The number of rotatable bonds is 4. The second-order valence-electron chi connectivity index (χ2n) is 5.13. The summed E-state index contributed by atoms with van der Waals surface area (Å²) in [5, 5.41) is 12.4. The molecule has 0 aliphatic heterocycles. The lowest BCUT2D eigenvalue weighted by atomic mass is 9.77. The van der Waals surface area contributed by atoms with Gasteiger partial charge in [0.05, 0.1) is 0 Å². The van der Waals surface area contributed by atoms with Gasteiger partial charge in [-0.15, -0.1) is 0 Å². The Kier molecular flexibility index (Phi) is 3.14. The Labute approximate surface area is 117 Å². The highest BCUT2D eigenvalue weighted by molar-refractivity contribution is 5.93. The molecule has 0 saturated heterocycles. The molecule has 1 aliphatic rings. The van der Waals surface area contributed by atoms with Crippen molar-refractivity contribution in [3.8, 4) is 0 Å². The lowest BCUT2D eigenvalue weighted by Crippen LogP contribution is -2.25. The zero-order chi connectivity index (χ0) is 14.1. The van der Waals surface area contributed by atoms with Gasteiger partial charge >= 0.3 is 5.97 Å².